The van der Waals surface area contributed by atoms with Crippen LogP contribution in [0.15, 0.2) is 17.5 Å². The summed E-state index contributed by atoms with van der Waals surface area (Å²) in [6.45, 7) is 7.24. The van der Waals surface area contributed by atoms with Gasteiger partial charge >= 0.3 is 0 Å². The predicted octanol–water partition coefficient (Wildman–Crippen LogP) is 2.55. The van der Waals surface area contributed by atoms with Crippen LogP contribution in [0.4, 0.5) is 0 Å². The van der Waals surface area contributed by atoms with Crippen LogP contribution in [0.5, 0.6) is 0 Å². The molecule has 0 spiro atoms. The van der Waals surface area contributed by atoms with Gasteiger partial charge in [0.05, 0.1) is 5.56 Å². The van der Waals surface area contributed by atoms with Crippen LogP contribution in [0.1, 0.15) is 57.6 Å². The molecule has 0 saturated carbocycles. The first-order chi connectivity index (χ1) is 11.4. The number of H-pyrrole nitrogens is 1. The molecule has 1 aliphatic rings. The predicted molar refractivity (Wildman–Crippen MR) is 93.5 cm³/mol. The molecule has 1 fully saturated rings. The average Bonchev–Trinajstić information content (AvgIpc) is 3.26. The minimum absolute atomic E-state index is 0.00910. The lowest BCUT2D eigenvalue weighted by atomic mass is 10.1. The van der Waals surface area contributed by atoms with Gasteiger partial charge < -0.3 is 10.2 Å². The number of nitrogens with zero attached hydrogens (tertiary/aromatic N) is 2. The maximum Gasteiger partial charge on any atom is 0.274 e. The summed E-state index contributed by atoms with van der Waals surface area (Å²) < 4.78 is 0. The van der Waals surface area contributed by atoms with Crippen LogP contribution in [-0.2, 0) is 0 Å². The maximum absolute atomic E-state index is 12.5. The average molecular weight is 346 g/mol. The van der Waals surface area contributed by atoms with Gasteiger partial charge in [-0.2, -0.15) is 5.10 Å². The molecule has 7 heteroatoms. The molecule has 0 aromatic carbocycles. The van der Waals surface area contributed by atoms with E-state index in [-0.39, 0.29) is 17.9 Å². The van der Waals surface area contributed by atoms with E-state index < -0.39 is 0 Å². The molecule has 2 aromatic heterocycles. The van der Waals surface area contributed by atoms with Crippen LogP contribution in [0.3, 0.4) is 0 Å². The monoisotopic (exact) mass is 346 g/mol. The molecule has 1 unspecified atom stereocenters. The summed E-state index contributed by atoms with van der Waals surface area (Å²) in [5, 5.41) is 11.9. The Morgan fingerprint density at radius 3 is 2.83 bits per heavy atom. The van der Waals surface area contributed by atoms with Gasteiger partial charge in [0.2, 0.25) is 0 Å². The third-order valence-corrected chi connectivity index (χ3v) is 5.10. The summed E-state index contributed by atoms with van der Waals surface area (Å²) >= 11 is 1.56. The van der Waals surface area contributed by atoms with Crippen LogP contribution in [0.25, 0.3) is 0 Å². The summed E-state index contributed by atoms with van der Waals surface area (Å²) in [5.74, 6) is 0.153. The van der Waals surface area contributed by atoms with Gasteiger partial charge in [0.25, 0.3) is 11.8 Å². The molecule has 24 heavy (non-hydrogen) atoms. The third-order valence-electron chi connectivity index (χ3n) is 4.24. The minimum atomic E-state index is -0.0822. The summed E-state index contributed by atoms with van der Waals surface area (Å²) in [6.07, 6.45) is 0.766. The standard InChI is InChI=1S/C17H22N4O2S/c1-10(2)14-7-15(20-19-14)17(23)21-5-4-13(8-21)18-16(22)12-6-11(3)24-9-12/h6-7,9-10,13H,4-5,8H2,1-3H3,(H,18,22)(H,19,20). The molecular formula is C17H22N4O2S. The number of aromatic nitrogens is 2. The fourth-order valence-corrected chi connectivity index (χ4v) is 3.48. The Morgan fingerprint density at radius 1 is 1.42 bits per heavy atom. The molecule has 0 aliphatic carbocycles. The summed E-state index contributed by atoms with van der Waals surface area (Å²) in [5.41, 5.74) is 2.09. The SMILES string of the molecule is Cc1cc(C(=O)NC2CCN(C(=O)c3cc(C(C)C)[nH]n3)C2)cs1. The van der Waals surface area contributed by atoms with Gasteiger partial charge in [-0.1, -0.05) is 13.8 Å². The van der Waals surface area contributed by atoms with Crippen molar-refractivity contribution in [2.45, 2.75) is 39.2 Å². The number of rotatable bonds is 4. The van der Waals surface area contributed by atoms with Crippen LogP contribution >= 0.6 is 11.3 Å². The van der Waals surface area contributed by atoms with E-state index in [1.54, 1.807) is 16.2 Å². The first-order valence-electron chi connectivity index (χ1n) is 8.14. The normalized spacial score (nSPS) is 17.5. The van der Waals surface area contributed by atoms with Gasteiger partial charge in [-0.25, -0.2) is 0 Å². The Hall–Kier alpha value is -2.15. The molecule has 2 aromatic rings. The highest BCUT2D eigenvalue weighted by molar-refractivity contribution is 7.10. The molecule has 0 bridgehead atoms. The molecule has 2 N–H and O–H groups in total. The number of carbonyl (C=O) groups excluding carboxylic acids is 2. The van der Waals surface area contributed by atoms with Crippen molar-refractivity contribution in [1.82, 2.24) is 20.4 Å². The molecule has 0 radical (unpaired) electrons. The Morgan fingerprint density at radius 2 is 2.21 bits per heavy atom. The topological polar surface area (TPSA) is 78.1 Å². The second-order valence-corrected chi connectivity index (χ2v) is 7.63. The number of aromatic amines is 1. The van der Waals surface area contributed by atoms with Crippen molar-refractivity contribution in [2.75, 3.05) is 13.1 Å². The second kappa shape index (κ2) is 6.76. The fourth-order valence-electron chi connectivity index (χ4n) is 2.80. The summed E-state index contributed by atoms with van der Waals surface area (Å²) in [4.78, 5) is 27.6. The van der Waals surface area contributed by atoms with Gasteiger partial charge in [0.1, 0.15) is 5.69 Å². The first-order valence-corrected chi connectivity index (χ1v) is 9.02. The van der Waals surface area contributed by atoms with E-state index in [4.69, 9.17) is 0 Å². The van der Waals surface area contributed by atoms with Crippen LogP contribution < -0.4 is 5.32 Å². The number of aryl methyl sites for hydroxylation is 1. The molecule has 3 heterocycles. The van der Waals surface area contributed by atoms with E-state index in [1.807, 2.05) is 24.4 Å². The van der Waals surface area contributed by atoms with Crippen molar-refractivity contribution in [1.29, 1.82) is 0 Å². The zero-order valence-corrected chi connectivity index (χ0v) is 14.9. The molecule has 1 saturated heterocycles. The van der Waals surface area contributed by atoms with Crippen LogP contribution in [-0.4, -0.2) is 46.0 Å². The van der Waals surface area contributed by atoms with Gasteiger partial charge in [0.15, 0.2) is 0 Å². The highest BCUT2D eigenvalue weighted by Crippen LogP contribution is 2.18. The Labute approximate surface area is 145 Å². The van der Waals surface area contributed by atoms with Crippen molar-refractivity contribution in [3.8, 4) is 0 Å². The van der Waals surface area contributed by atoms with Crippen molar-refractivity contribution in [3.63, 3.8) is 0 Å². The van der Waals surface area contributed by atoms with Crippen molar-refractivity contribution >= 4 is 23.2 Å². The number of thiophene rings is 1. The first kappa shape index (κ1) is 16.7. The molecule has 2 amide bonds. The van der Waals surface area contributed by atoms with E-state index in [2.05, 4.69) is 29.4 Å². The van der Waals surface area contributed by atoms with E-state index in [1.165, 1.54) is 0 Å². The summed E-state index contributed by atoms with van der Waals surface area (Å²) in [7, 11) is 0. The highest BCUT2D eigenvalue weighted by Gasteiger charge is 2.29. The molecule has 3 rings (SSSR count). The van der Waals surface area contributed by atoms with E-state index >= 15 is 0 Å². The Kier molecular flexibility index (Phi) is 4.71. The Bertz CT molecular complexity index is 749. The molecule has 6 nitrogen and oxygen atoms in total. The van der Waals surface area contributed by atoms with Crippen molar-refractivity contribution in [2.24, 2.45) is 0 Å². The van der Waals surface area contributed by atoms with Gasteiger partial charge in [-0.3, -0.25) is 14.7 Å². The lowest BCUT2D eigenvalue weighted by Crippen LogP contribution is -2.38. The minimum Gasteiger partial charge on any atom is -0.347 e. The zero-order chi connectivity index (χ0) is 17.3. The summed E-state index contributed by atoms with van der Waals surface area (Å²) in [6, 6.07) is 3.69. The smallest absolute Gasteiger partial charge is 0.274 e. The third kappa shape index (κ3) is 3.51. The van der Waals surface area contributed by atoms with Crippen molar-refractivity contribution in [3.05, 3.63) is 39.3 Å². The van der Waals surface area contributed by atoms with Crippen LogP contribution in [0.2, 0.25) is 0 Å². The Balaban J connectivity index is 1.58. The largest absolute Gasteiger partial charge is 0.347 e. The number of hydrogen-bond acceptors (Lipinski definition) is 4. The van der Waals surface area contributed by atoms with Gasteiger partial charge in [-0.05, 0) is 31.4 Å². The highest BCUT2D eigenvalue weighted by atomic mass is 32.1. The molecule has 1 atom stereocenters. The zero-order valence-electron chi connectivity index (χ0n) is 14.1. The molecular weight excluding hydrogens is 324 g/mol. The number of nitrogens with one attached hydrogen (secondary N) is 2. The fraction of sp³-hybridized carbons (Fsp3) is 0.471. The lowest BCUT2D eigenvalue weighted by molar-refractivity contribution is 0.0777. The number of amides is 2. The van der Waals surface area contributed by atoms with Gasteiger partial charge in [0, 0.05) is 35.1 Å². The lowest BCUT2D eigenvalue weighted by Gasteiger charge is -2.15. The van der Waals surface area contributed by atoms with Crippen molar-refractivity contribution < 1.29 is 9.59 Å². The van der Waals surface area contributed by atoms with E-state index in [0.717, 1.165) is 17.0 Å². The van der Waals surface area contributed by atoms with E-state index in [9.17, 15) is 9.59 Å². The van der Waals surface area contributed by atoms with Crippen LogP contribution in [0, 0.1) is 6.92 Å². The number of carbonyl (C=O) groups is 2. The maximum atomic E-state index is 12.5. The number of likely N-dealkylation sites (tertiary alicyclic amines) is 1. The quantitative estimate of drug-likeness (QED) is 0.893. The van der Waals surface area contributed by atoms with Gasteiger partial charge in [-0.15, -0.1) is 11.3 Å². The molecule has 128 valence electrons. The number of hydrogen-bond donors (Lipinski definition) is 2. The van der Waals surface area contributed by atoms with E-state index in [0.29, 0.717) is 30.3 Å². The second-order valence-electron chi connectivity index (χ2n) is 6.52. The molecule has 1 aliphatic heterocycles.